The Bertz CT molecular complexity index is 1140. The van der Waals surface area contributed by atoms with Crippen LogP contribution in [0.25, 0.3) is 22.4 Å². The number of allylic oxidation sites excluding steroid dienone is 1. The number of benzene rings is 1. The van der Waals surface area contributed by atoms with Crippen LogP contribution in [0.3, 0.4) is 0 Å². The Labute approximate surface area is 206 Å². The fraction of sp³-hybridized carbons (Fsp3) is 0.462. The first-order chi connectivity index (χ1) is 17.1. The van der Waals surface area contributed by atoms with Gasteiger partial charge in [0.05, 0.1) is 23.5 Å². The molecule has 0 spiro atoms. The average Bonchev–Trinajstić information content (AvgIpc) is 3.67. The van der Waals surface area contributed by atoms with Gasteiger partial charge in [-0.2, -0.15) is 13.2 Å². The van der Waals surface area contributed by atoms with Crippen molar-refractivity contribution in [1.29, 1.82) is 0 Å². The quantitative estimate of drug-likeness (QED) is 0.440. The molecular formula is C26H29F5N4O. The number of likely N-dealkylation sites (tertiary alicyclic amines) is 1. The highest BCUT2D eigenvalue weighted by atomic mass is 19.4. The molecule has 4 rings (SSSR count). The summed E-state index contributed by atoms with van der Waals surface area (Å²) in [5.74, 6) is 0.0399. The summed E-state index contributed by atoms with van der Waals surface area (Å²) in [6, 6.07) is 6.74. The molecule has 36 heavy (non-hydrogen) atoms. The Morgan fingerprint density at radius 2 is 1.89 bits per heavy atom. The molecule has 2 aliphatic rings. The van der Waals surface area contributed by atoms with Crippen LogP contribution in [0.2, 0.25) is 0 Å². The number of nitrogens with zero attached hydrogens (tertiary/aromatic N) is 2. The Hall–Kier alpha value is -3.01. The van der Waals surface area contributed by atoms with Crippen molar-refractivity contribution in [1.82, 2.24) is 15.2 Å². The fourth-order valence-corrected chi connectivity index (χ4v) is 4.38. The van der Waals surface area contributed by atoms with Gasteiger partial charge < -0.3 is 10.6 Å². The largest absolute Gasteiger partial charge is 0.417 e. The maximum Gasteiger partial charge on any atom is 0.417 e. The molecule has 2 fully saturated rings. The zero-order chi connectivity index (χ0) is 25.9. The lowest BCUT2D eigenvalue weighted by Crippen LogP contribution is -2.41. The summed E-state index contributed by atoms with van der Waals surface area (Å²) in [6.45, 7) is 4.29. The number of halogens is 5. The lowest BCUT2D eigenvalue weighted by atomic mass is 10.00. The van der Waals surface area contributed by atoms with Crippen LogP contribution in [0.15, 0.2) is 36.9 Å². The van der Waals surface area contributed by atoms with E-state index in [1.165, 1.54) is 0 Å². The molecule has 1 aromatic heterocycles. The molecule has 1 amide bonds. The fourth-order valence-electron chi connectivity index (χ4n) is 4.38. The summed E-state index contributed by atoms with van der Waals surface area (Å²) in [7, 11) is 0. The zero-order valence-electron chi connectivity index (χ0n) is 19.8. The third kappa shape index (κ3) is 6.60. The number of rotatable bonds is 9. The first-order valence-electron chi connectivity index (χ1n) is 12.0. The maximum absolute atomic E-state index is 13.6. The minimum absolute atomic E-state index is 0.00332. The van der Waals surface area contributed by atoms with Gasteiger partial charge in [-0.05, 0) is 43.9 Å². The van der Waals surface area contributed by atoms with Gasteiger partial charge in [-0.1, -0.05) is 24.8 Å². The second-order valence-corrected chi connectivity index (χ2v) is 9.30. The van der Waals surface area contributed by atoms with E-state index in [4.69, 9.17) is 0 Å². The summed E-state index contributed by atoms with van der Waals surface area (Å²) in [5.41, 5.74) is -0.334. The molecular weight excluding hydrogens is 479 g/mol. The van der Waals surface area contributed by atoms with Crippen LogP contribution in [-0.4, -0.2) is 60.6 Å². The van der Waals surface area contributed by atoms with Gasteiger partial charge in [0.25, 0.3) is 6.43 Å². The first kappa shape index (κ1) is 26.1. The number of hydrogen-bond donors (Lipinski definition) is 2. The molecule has 0 radical (unpaired) electrons. The summed E-state index contributed by atoms with van der Waals surface area (Å²) in [4.78, 5) is 17.8. The number of pyridine rings is 1. The Morgan fingerprint density at radius 3 is 2.53 bits per heavy atom. The monoisotopic (exact) mass is 508 g/mol. The van der Waals surface area contributed by atoms with E-state index < -0.39 is 18.2 Å². The molecule has 1 saturated carbocycles. The molecule has 10 heteroatoms. The number of hydrogen-bond acceptors (Lipinski definition) is 4. The number of alkyl halides is 5. The molecule has 1 saturated heterocycles. The highest BCUT2D eigenvalue weighted by molar-refractivity contribution is 6.00. The molecule has 0 bridgehead atoms. The lowest BCUT2D eigenvalue weighted by molar-refractivity contribution is -0.122. The Morgan fingerprint density at radius 1 is 1.17 bits per heavy atom. The predicted octanol–water partition coefficient (Wildman–Crippen LogP) is 5.49. The highest BCUT2D eigenvalue weighted by Gasteiger charge is 2.35. The van der Waals surface area contributed by atoms with Crippen molar-refractivity contribution in [3.63, 3.8) is 0 Å². The molecule has 5 nitrogen and oxygen atoms in total. The molecule has 2 N–H and O–H groups in total. The van der Waals surface area contributed by atoms with Crippen LogP contribution < -0.4 is 10.6 Å². The summed E-state index contributed by atoms with van der Waals surface area (Å²) < 4.78 is 66.1. The van der Waals surface area contributed by atoms with Crippen molar-refractivity contribution >= 4 is 34.0 Å². The molecule has 1 aromatic carbocycles. The number of nitrogens with one attached hydrogen (secondary N) is 2. The van der Waals surface area contributed by atoms with E-state index >= 15 is 0 Å². The summed E-state index contributed by atoms with van der Waals surface area (Å²) in [5, 5.41) is 7.05. The smallest absolute Gasteiger partial charge is 0.382 e. The van der Waals surface area contributed by atoms with Gasteiger partial charge in [0, 0.05) is 48.1 Å². The number of anilines is 1. The second-order valence-electron chi connectivity index (χ2n) is 9.30. The van der Waals surface area contributed by atoms with E-state index in [0.29, 0.717) is 48.1 Å². The molecule has 0 atom stereocenters. The van der Waals surface area contributed by atoms with Crippen LogP contribution in [0.4, 0.5) is 27.6 Å². The van der Waals surface area contributed by atoms with Gasteiger partial charge in [0.1, 0.15) is 0 Å². The standard InChI is InChI=1S/C26H29F5N4O/c1-16(26(29,30)31)24-20-5-2-6-22(33-18-9-12-35(13-10-18)15-23(27)28)21(20)14-19(34-24)4-3-11-32-25(36)17-7-8-17/h2-6,14,17-18,23,33H,1,7-13,15H2,(H,32,36)/b4-3+. The van der Waals surface area contributed by atoms with Gasteiger partial charge in [-0.25, -0.2) is 13.8 Å². The third-order valence-electron chi connectivity index (χ3n) is 6.50. The second kappa shape index (κ2) is 10.9. The highest BCUT2D eigenvalue weighted by Crippen LogP contribution is 2.37. The molecule has 194 valence electrons. The van der Waals surface area contributed by atoms with Crippen LogP contribution in [0, 0.1) is 5.92 Å². The molecule has 2 aromatic rings. The number of carbonyl (C=O) groups is 1. The van der Waals surface area contributed by atoms with Crippen molar-refractivity contribution in [3.8, 4) is 0 Å². The maximum atomic E-state index is 13.6. The molecule has 0 unspecified atom stereocenters. The van der Waals surface area contributed by atoms with E-state index in [0.717, 1.165) is 12.8 Å². The normalized spacial score (nSPS) is 17.7. The molecule has 1 aliphatic carbocycles. The number of aromatic nitrogens is 1. The summed E-state index contributed by atoms with van der Waals surface area (Å²) >= 11 is 0. The van der Waals surface area contributed by atoms with Crippen LogP contribution >= 0.6 is 0 Å². The lowest BCUT2D eigenvalue weighted by Gasteiger charge is -2.32. The first-order valence-corrected chi connectivity index (χ1v) is 12.0. The third-order valence-corrected chi connectivity index (χ3v) is 6.50. The van der Waals surface area contributed by atoms with Crippen molar-refractivity contribution in [3.05, 3.63) is 48.3 Å². The van der Waals surface area contributed by atoms with E-state index in [9.17, 15) is 26.7 Å². The molecule has 1 aliphatic heterocycles. The van der Waals surface area contributed by atoms with Crippen molar-refractivity contribution < 1.29 is 26.7 Å². The zero-order valence-corrected chi connectivity index (χ0v) is 19.8. The Balaban J connectivity index is 1.58. The van der Waals surface area contributed by atoms with Gasteiger partial charge in [0.2, 0.25) is 5.91 Å². The summed E-state index contributed by atoms with van der Waals surface area (Å²) in [6.07, 6.45) is -0.747. The predicted molar refractivity (Wildman–Crippen MR) is 131 cm³/mol. The van der Waals surface area contributed by atoms with Crippen molar-refractivity contribution in [2.75, 3.05) is 31.5 Å². The van der Waals surface area contributed by atoms with Crippen molar-refractivity contribution in [2.24, 2.45) is 5.92 Å². The molecule has 2 heterocycles. The SMILES string of the molecule is C=C(c1nc(/C=C/CNC(=O)C2CC2)cc2c(NC3CCN(CC(F)F)CC3)cccc12)C(F)(F)F. The topological polar surface area (TPSA) is 57.3 Å². The number of piperidine rings is 1. The minimum atomic E-state index is -4.65. The van der Waals surface area contributed by atoms with E-state index in [1.54, 1.807) is 41.3 Å². The number of carbonyl (C=O) groups excluding carboxylic acids is 1. The van der Waals surface area contributed by atoms with E-state index in [-0.39, 0.29) is 36.7 Å². The van der Waals surface area contributed by atoms with Gasteiger partial charge in [-0.3, -0.25) is 9.69 Å². The minimum Gasteiger partial charge on any atom is -0.382 e. The van der Waals surface area contributed by atoms with Gasteiger partial charge in [-0.15, -0.1) is 0 Å². The Kier molecular flexibility index (Phi) is 7.92. The van der Waals surface area contributed by atoms with Gasteiger partial charge >= 0.3 is 6.18 Å². The average molecular weight is 509 g/mol. The van der Waals surface area contributed by atoms with E-state index in [1.807, 2.05) is 0 Å². The number of amides is 1. The van der Waals surface area contributed by atoms with E-state index in [2.05, 4.69) is 22.2 Å². The van der Waals surface area contributed by atoms with Crippen molar-refractivity contribution in [2.45, 2.75) is 44.3 Å². The number of fused-ring (bicyclic) bond motifs is 1. The van der Waals surface area contributed by atoms with Crippen LogP contribution in [0.5, 0.6) is 0 Å². The van der Waals surface area contributed by atoms with Gasteiger partial charge in [0.15, 0.2) is 0 Å². The van der Waals surface area contributed by atoms with Crippen LogP contribution in [0.1, 0.15) is 37.1 Å². The van der Waals surface area contributed by atoms with Crippen LogP contribution in [-0.2, 0) is 4.79 Å².